The molecule has 0 spiro atoms. The molecule has 0 unspecified atom stereocenters. The van der Waals surface area contributed by atoms with Gasteiger partial charge in [-0.15, -0.1) is 0 Å². The molecule has 0 bridgehead atoms. The van der Waals surface area contributed by atoms with E-state index in [0.29, 0.717) is 11.4 Å². The Hall–Kier alpha value is -3.55. The third-order valence-corrected chi connectivity index (χ3v) is 4.14. The van der Waals surface area contributed by atoms with E-state index >= 15 is 0 Å². The molecule has 1 heterocycles. The summed E-state index contributed by atoms with van der Waals surface area (Å²) in [5, 5.41) is 5.28. The number of nitrogens with one attached hydrogen (secondary N) is 2. The Balaban J connectivity index is 1.69. The summed E-state index contributed by atoms with van der Waals surface area (Å²) in [4.78, 5) is 28.7. The van der Waals surface area contributed by atoms with Crippen molar-refractivity contribution in [1.82, 2.24) is 20.2 Å². The highest BCUT2D eigenvalue weighted by molar-refractivity contribution is 5.96. The SMILES string of the molecule is Cn1ccnc1[C@H](NC(=O)CNC(=O)c1ccc(F)cc1)c1ccc(F)cc1. The van der Waals surface area contributed by atoms with Crippen LogP contribution in [0.3, 0.4) is 0 Å². The number of aryl methyl sites for hydroxylation is 1. The first-order valence-corrected chi connectivity index (χ1v) is 8.50. The summed E-state index contributed by atoms with van der Waals surface area (Å²) in [5.74, 6) is -1.23. The van der Waals surface area contributed by atoms with Crippen molar-refractivity contribution in [2.24, 2.45) is 7.05 Å². The van der Waals surface area contributed by atoms with E-state index in [2.05, 4.69) is 15.6 Å². The molecule has 0 fully saturated rings. The zero-order chi connectivity index (χ0) is 20.1. The van der Waals surface area contributed by atoms with Crippen molar-refractivity contribution in [3.05, 3.63) is 89.5 Å². The second-order valence-corrected chi connectivity index (χ2v) is 6.14. The van der Waals surface area contributed by atoms with Crippen molar-refractivity contribution in [1.29, 1.82) is 0 Å². The second-order valence-electron chi connectivity index (χ2n) is 6.14. The molecule has 28 heavy (non-hydrogen) atoms. The van der Waals surface area contributed by atoms with Gasteiger partial charge in [0, 0.05) is 25.0 Å². The van der Waals surface area contributed by atoms with E-state index in [0.717, 1.165) is 0 Å². The molecule has 1 atom stereocenters. The molecule has 0 saturated carbocycles. The number of hydrogen-bond donors (Lipinski definition) is 2. The number of halogens is 2. The summed E-state index contributed by atoms with van der Waals surface area (Å²) in [6, 6.07) is 10.1. The molecule has 0 saturated heterocycles. The molecule has 0 aliphatic rings. The van der Waals surface area contributed by atoms with Crippen molar-refractivity contribution in [2.45, 2.75) is 6.04 Å². The maximum absolute atomic E-state index is 13.3. The first kappa shape index (κ1) is 19.2. The lowest BCUT2D eigenvalue weighted by Gasteiger charge is -2.19. The van der Waals surface area contributed by atoms with Crippen molar-refractivity contribution in [3.63, 3.8) is 0 Å². The van der Waals surface area contributed by atoms with E-state index in [1.54, 1.807) is 36.1 Å². The molecule has 0 aliphatic carbocycles. The largest absolute Gasteiger partial charge is 0.343 e. The van der Waals surface area contributed by atoms with E-state index < -0.39 is 23.7 Å². The molecule has 3 aromatic rings. The lowest BCUT2D eigenvalue weighted by Crippen LogP contribution is -2.39. The van der Waals surface area contributed by atoms with Gasteiger partial charge in [0.15, 0.2) is 0 Å². The highest BCUT2D eigenvalue weighted by atomic mass is 19.1. The zero-order valence-electron chi connectivity index (χ0n) is 15.0. The molecule has 0 radical (unpaired) electrons. The van der Waals surface area contributed by atoms with Crippen LogP contribution in [-0.2, 0) is 11.8 Å². The number of benzene rings is 2. The summed E-state index contributed by atoms with van der Waals surface area (Å²) in [7, 11) is 1.78. The highest BCUT2D eigenvalue weighted by Crippen LogP contribution is 2.20. The molecule has 1 aromatic heterocycles. The number of carbonyl (C=O) groups is 2. The predicted octanol–water partition coefficient (Wildman–Crippen LogP) is 2.33. The minimum atomic E-state index is -0.615. The van der Waals surface area contributed by atoms with Gasteiger partial charge in [0.2, 0.25) is 5.91 Å². The maximum Gasteiger partial charge on any atom is 0.251 e. The van der Waals surface area contributed by atoms with Crippen LogP contribution < -0.4 is 10.6 Å². The smallest absolute Gasteiger partial charge is 0.251 e. The van der Waals surface area contributed by atoms with Crippen LogP contribution in [0.2, 0.25) is 0 Å². The Kier molecular flexibility index (Phi) is 5.78. The second kappa shape index (κ2) is 8.43. The molecule has 3 rings (SSSR count). The summed E-state index contributed by atoms with van der Waals surface area (Å²) < 4.78 is 27.9. The number of rotatable bonds is 6. The standard InChI is InChI=1S/C20H18F2N4O2/c1-26-11-10-23-19(26)18(13-2-6-15(21)7-3-13)25-17(27)12-24-20(28)14-4-8-16(22)9-5-14/h2-11,18H,12H2,1H3,(H,24,28)(H,25,27)/t18-/m1/s1. The van der Waals surface area contributed by atoms with Crippen molar-refractivity contribution in [3.8, 4) is 0 Å². The van der Waals surface area contributed by atoms with Crippen LogP contribution in [0, 0.1) is 11.6 Å². The van der Waals surface area contributed by atoms with E-state index in [-0.39, 0.29) is 17.9 Å². The maximum atomic E-state index is 13.3. The van der Waals surface area contributed by atoms with E-state index in [4.69, 9.17) is 0 Å². The fourth-order valence-corrected chi connectivity index (χ4v) is 2.68. The first-order valence-electron chi connectivity index (χ1n) is 8.50. The average Bonchev–Trinajstić information content (AvgIpc) is 3.11. The summed E-state index contributed by atoms with van der Waals surface area (Å²) >= 11 is 0. The third-order valence-electron chi connectivity index (χ3n) is 4.14. The first-order chi connectivity index (χ1) is 13.4. The molecular formula is C20H18F2N4O2. The van der Waals surface area contributed by atoms with Gasteiger partial charge in [-0.3, -0.25) is 9.59 Å². The minimum absolute atomic E-state index is 0.244. The zero-order valence-corrected chi connectivity index (χ0v) is 15.0. The number of nitrogens with zero attached hydrogens (tertiary/aromatic N) is 2. The van der Waals surface area contributed by atoms with Gasteiger partial charge in [0.05, 0.1) is 6.54 Å². The monoisotopic (exact) mass is 384 g/mol. The summed E-state index contributed by atoms with van der Waals surface area (Å²) in [6.45, 7) is -0.279. The van der Waals surface area contributed by atoms with Crippen LogP contribution in [0.25, 0.3) is 0 Å². The average molecular weight is 384 g/mol. The molecule has 0 aliphatic heterocycles. The normalized spacial score (nSPS) is 11.7. The highest BCUT2D eigenvalue weighted by Gasteiger charge is 2.21. The van der Waals surface area contributed by atoms with Crippen molar-refractivity contribution in [2.75, 3.05) is 6.54 Å². The van der Waals surface area contributed by atoms with Crippen LogP contribution in [0.4, 0.5) is 8.78 Å². The topological polar surface area (TPSA) is 76.0 Å². The fourth-order valence-electron chi connectivity index (χ4n) is 2.68. The number of imidazole rings is 1. The lowest BCUT2D eigenvalue weighted by molar-refractivity contribution is -0.120. The van der Waals surface area contributed by atoms with Crippen LogP contribution in [0.5, 0.6) is 0 Å². The van der Waals surface area contributed by atoms with Crippen molar-refractivity contribution < 1.29 is 18.4 Å². The number of amides is 2. The van der Waals surface area contributed by atoms with Crippen LogP contribution in [-0.4, -0.2) is 27.9 Å². The van der Waals surface area contributed by atoms with Gasteiger partial charge < -0.3 is 15.2 Å². The van der Waals surface area contributed by atoms with Crippen LogP contribution in [0.15, 0.2) is 60.9 Å². The molecule has 144 valence electrons. The summed E-state index contributed by atoms with van der Waals surface area (Å²) in [5.41, 5.74) is 0.891. The van der Waals surface area contributed by atoms with Gasteiger partial charge in [0.1, 0.15) is 23.5 Å². The van der Waals surface area contributed by atoms with Gasteiger partial charge >= 0.3 is 0 Å². The molecule has 2 aromatic carbocycles. The number of carbonyl (C=O) groups excluding carboxylic acids is 2. The molecule has 2 N–H and O–H groups in total. The quantitative estimate of drug-likeness (QED) is 0.685. The van der Waals surface area contributed by atoms with Crippen LogP contribution >= 0.6 is 0 Å². The van der Waals surface area contributed by atoms with E-state index in [1.165, 1.54) is 36.4 Å². The lowest BCUT2D eigenvalue weighted by atomic mass is 10.1. The molecule has 6 nitrogen and oxygen atoms in total. The van der Waals surface area contributed by atoms with Crippen LogP contribution in [0.1, 0.15) is 27.8 Å². The van der Waals surface area contributed by atoms with Gasteiger partial charge in [-0.2, -0.15) is 0 Å². The Morgan fingerprint density at radius 1 is 1.04 bits per heavy atom. The van der Waals surface area contributed by atoms with E-state index in [9.17, 15) is 18.4 Å². The van der Waals surface area contributed by atoms with E-state index in [1.807, 2.05) is 0 Å². The minimum Gasteiger partial charge on any atom is -0.343 e. The van der Waals surface area contributed by atoms with Gasteiger partial charge in [-0.1, -0.05) is 12.1 Å². The molecular weight excluding hydrogens is 366 g/mol. The third kappa shape index (κ3) is 4.59. The number of aromatic nitrogens is 2. The summed E-state index contributed by atoms with van der Waals surface area (Å²) in [6.07, 6.45) is 3.32. The predicted molar refractivity (Wildman–Crippen MR) is 98.3 cm³/mol. The Bertz CT molecular complexity index is 969. The Labute approximate surface area is 160 Å². The van der Waals surface area contributed by atoms with Gasteiger partial charge in [-0.05, 0) is 42.0 Å². The fraction of sp³-hybridized carbons (Fsp3) is 0.150. The molecule has 2 amide bonds. The number of hydrogen-bond acceptors (Lipinski definition) is 3. The Morgan fingerprint density at radius 2 is 1.64 bits per heavy atom. The molecule has 8 heteroatoms. The van der Waals surface area contributed by atoms with Gasteiger partial charge in [0.25, 0.3) is 5.91 Å². The van der Waals surface area contributed by atoms with Crippen molar-refractivity contribution >= 4 is 11.8 Å². The van der Waals surface area contributed by atoms with Gasteiger partial charge in [-0.25, -0.2) is 13.8 Å². The Morgan fingerprint density at radius 3 is 2.21 bits per heavy atom.